The van der Waals surface area contributed by atoms with Crippen LogP contribution >= 0.6 is 0 Å². The van der Waals surface area contributed by atoms with Crippen LogP contribution in [0.1, 0.15) is 31.0 Å². The van der Waals surface area contributed by atoms with Gasteiger partial charge in [0.05, 0.1) is 12.0 Å². The molecule has 0 aliphatic rings. The lowest BCUT2D eigenvalue weighted by Crippen LogP contribution is -1.93. The minimum absolute atomic E-state index is 0.564. The van der Waals surface area contributed by atoms with E-state index in [1.807, 2.05) is 19.4 Å². The molecule has 1 heterocycles. The molecule has 78 valence electrons. The zero-order valence-electron chi connectivity index (χ0n) is 9.44. The lowest BCUT2D eigenvalue weighted by Gasteiger charge is -2.08. The van der Waals surface area contributed by atoms with Gasteiger partial charge < -0.3 is 4.57 Å². The fourth-order valence-electron chi connectivity index (χ4n) is 1.61. The molecule has 0 unspecified atom stereocenters. The molecule has 1 aromatic heterocycles. The Hall–Kier alpha value is -1.57. The number of aromatic nitrogens is 2. The Balaban J connectivity index is 2.41. The Bertz CT molecular complexity index is 455. The maximum Gasteiger partial charge on any atom is 0.0995 e. The van der Waals surface area contributed by atoms with Gasteiger partial charge in [-0.15, -0.1) is 0 Å². The summed E-state index contributed by atoms with van der Waals surface area (Å²) in [7, 11) is 0. The van der Waals surface area contributed by atoms with E-state index in [1.165, 1.54) is 11.3 Å². The molecule has 15 heavy (non-hydrogen) atoms. The number of imidazole rings is 1. The highest BCUT2D eigenvalue weighted by molar-refractivity contribution is 5.37. The molecule has 2 nitrogen and oxygen atoms in total. The third-order valence-corrected chi connectivity index (χ3v) is 2.55. The van der Waals surface area contributed by atoms with Crippen LogP contribution in [0.2, 0.25) is 0 Å². The summed E-state index contributed by atoms with van der Waals surface area (Å²) in [5, 5.41) is 0. The monoisotopic (exact) mass is 200 g/mol. The number of aryl methyl sites for hydroxylation is 1. The van der Waals surface area contributed by atoms with E-state index in [0.29, 0.717) is 5.92 Å². The summed E-state index contributed by atoms with van der Waals surface area (Å²) >= 11 is 0. The van der Waals surface area contributed by atoms with Gasteiger partial charge in [0.1, 0.15) is 0 Å². The maximum absolute atomic E-state index is 4.23. The van der Waals surface area contributed by atoms with Gasteiger partial charge in [-0.2, -0.15) is 0 Å². The molecule has 0 saturated carbocycles. The molecule has 0 saturated heterocycles. The lowest BCUT2D eigenvalue weighted by atomic mass is 10.0. The van der Waals surface area contributed by atoms with Gasteiger partial charge in [0.15, 0.2) is 0 Å². The van der Waals surface area contributed by atoms with Gasteiger partial charge >= 0.3 is 0 Å². The summed E-state index contributed by atoms with van der Waals surface area (Å²) in [5.41, 5.74) is 3.59. The summed E-state index contributed by atoms with van der Waals surface area (Å²) in [6.45, 7) is 6.42. The highest BCUT2D eigenvalue weighted by Gasteiger charge is 2.01. The quantitative estimate of drug-likeness (QED) is 0.727. The van der Waals surface area contributed by atoms with Crippen molar-refractivity contribution in [3.05, 3.63) is 48.0 Å². The van der Waals surface area contributed by atoms with Crippen molar-refractivity contribution in [1.29, 1.82) is 0 Å². The fourth-order valence-corrected chi connectivity index (χ4v) is 1.61. The number of hydrogen-bond donors (Lipinski definition) is 0. The zero-order chi connectivity index (χ0) is 10.8. The molecule has 2 rings (SSSR count). The smallest absolute Gasteiger partial charge is 0.0995 e. The second-order valence-corrected chi connectivity index (χ2v) is 4.17. The largest absolute Gasteiger partial charge is 0.306 e. The minimum atomic E-state index is 0.564. The molecule has 0 bridgehead atoms. The third-order valence-electron chi connectivity index (χ3n) is 2.55. The lowest BCUT2D eigenvalue weighted by molar-refractivity contribution is 0.862. The number of hydrogen-bond acceptors (Lipinski definition) is 1. The van der Waals surface area contributed by atoms with E-state index >= 15 is 0 Å². The van der Waals surface area contributed by atoms with E-state index in [1.54, 1.807) is 0 Å². The molecular weight excluding hydrogens is 184 g/mol. The van der Waals surface area contributed by atoms with Crippen molar-refractivity contribution in [2.45, 2.75) is 26.7 Å². The molecule has 0 fully saturated rings. The van der Waals surface area contributed by atoms with Crippen molar-refractivity contribution >= 4 is 0 Å². The van der Waals surface area contributed by atoms with Crippen LogP contribution in [0.3, 0.4) is 0 Å². The summed E-state index contributed by atoms with van der Waals surface area (Å²) in [5.74, 6) is 0.564. The Morgan fingerprint density at radius 2 is 2.07 bits per heavy atom. The third kappa shape index (κ3) is 2.09. The standard InChI is InChI=1S/C13H16N2/c1-10(2)12-5-4-6-13(7-12)15-8-11(3)14-9-15/h4-10H,1-3H3. The van der Waals surface area contributed by atoms with Crippen LogP contribution in [-0.2, 0) is 0 Å². The zero-order valence-corrected chi connectivity index (χ0v) is 9.44. The van der Waals surface area contributed by atoms with E-state index < -0.39 is 0 Å². The first-order valence-electron chi connectivity index (χ1n) is 5.28. The van der Waals surface area contributed by atoms with Gasteiger partial charge in [0, 0.05) is 11.9 Å². The van der Waals surface area contributed by atoms with Gasteiger partial charge in [-0.1, -0.05) is 26.0 Å². The van der Waals surface area contributed by atoms with Crippen LogP contribution in [-0.4, -0.2) is 9.55 Å². The molecule has 0 N–H and O–H groups in total. The van der Waals surface area contributed by atoms with Crippen LogP contribution in [0.4, 0.5) is 0 Å². The molecule has 2 aromatic rings. The Morgan fingerprint density at radius 1 is 1.27 bits per heavy atom. The molecule has 0 atom stereocenters. The SMILES string of the molecule is Cc1cn(-c2cccc(C(C)C)c2)cn1. The van der Waals surface area contributed by atoms with Crippen molar-refractivity contribution < 1.29 is 0 Å². The predicted molar refractivity (Wildman–Crippen MR) is 62.4 cm³/mol. The van der Waals surface area contributed by atoms with E-state index in [0.717, 1.165) is 5.69 Å². The number of nitrogens with zero attached hydrogens (tertiary/aromatic N) is 2. The first-order valence-corrected chi connectivity index (χ1v) is 5.28. The van der Waals surface area contributed by atoms with Gasteiger partial charge in [-0.25, -0.2) is 4.98 Å². The first-order chi connectivity index (χ1) is 7.16. The van der Waals surface area contributed by atoms with Crippen LogP contribution in [0, 0.1) is 6.92 Å². The summed E-state index contributed by atoms with van der Waals surface area (Å²) in [4.78, 5) is 4.23. The molecule has 1 aromatic carbocycles. The Morgan fingerprint density at radius 3 is 2.67 bits per heavy atom. The van der Waals surface area contributed by atoms with Crippen molar-refractivity contribution in [3.63, 3.8) is 0 Å². The average molecular weight is 200 g/mol. The first kappa shape index (κ1) is 9.97. The van der Waals surface area contributed by atoms with Gasteiger partial charge in [0.2, 0.25) is 0 Å². The van der Waals surface area contributed by atoms with Crippen molar-refractivity contribution in [2.24, 2.45) is 0 Å². The maximum atomic E-state index is 4.23. The summed E-state index contributed by atoms with van der Waals surface area (Å²) in [6, 6.07) is 8.58. The molecule has 2 heteroatoms. The highest BCUT2D eigenvalue weighted by Crippen LogP contribution is 2.18. The highest BCUT2D eigenvalue weighted by atomic mass is 15.0. The summed E-state index contributed by atoms with van der Waals surface area (Å²) < 4.78 is 2.06. The van der Waals surface area contributed by atoms with E-state index in [-0.39, 0.29) is 0 Å². The summed E-state index contributed by atoms with van der Waals surface area (Å²) in [6.07, 6.45) is 3.90. The Labute approximate surface area is 90.6 Å². The van der Waals surface area contributed by atoms with Crippen molar-refractivity contribution in [2.75, 3.05) is 0 Å². The molecular formula is C13H16N2. The molecule has 0 aliphatic carbocycles. The molecule has 0 amide bonds. The number of rotatable bonds is 2. The van der Waals surface area contributed by atoms with Gasteiger partial charge in [0.25, 0.3) is 0 Å². The second-order valence-electron chi connectivity index (χ2n) is 4.17. The normalized spacial score (nSPS) is 10.9. The average Bonchev–Trinajstić information content (AvgIpc) is 2.65. The fraction of sp³-hybridized carbons (Fsp3) is 0.308. The van der Waals surface area contributed by atoms with Crippen LogP contribution in [0.15, 0.2) is 36.8 Å². The Kier molecular flexibility index (Phi) is 2.58. The van der Waals surface area contributed by atoms with Crippen LogP contribution in [0.5, 0.6) is 0 Å². The van der Waals surface area contributed by atoms with Crippen LogP contribution in [0.25, 0.3) is 5.69 Å². The van der Waals surface area contributed by atoms with Crippen molar-refractivity contribution in [3.8, 4) is 5.69 Å². The van der Waals surface area contributed by atoms with E-state index in [9.17, 15) is 0 Å². The van der Waals surface area contributed by atoms with E-state index in [4.69, 9.17) is 0 Å². The van der Waals surface area contributed by atoms with Crippen LogP contribution < -0.4 is 0 Å². The van der Waals surface area contributed by atoms with E-state index in [2.05, 4.69) is 47.7 Å². The van der Waals surface area contributed by atoms with Crippen molar-refractivity contribution in [1.82, 2.24) is 9.55 Å². The topological polar surface area (TPSA) is 17.8 Å². The predicted octanol–water partition coefficient (Wildman–Crippen LogP) is 3.30. The number of benzene rings is 1. The molecule has 0 spiro atoms. The molecule has 0 aliphatic heterocycles. The van der Waals surface area contributed by atoms with Gasteiger partial charge in [-0.05, 0) is 30.5 Å². The minimum Gasteiger partial charge on any atom is -0.306 e. The molecule has 0 radical (unpaired) electrons. The van der Waals surface area contributed by atoms with Gasteiger partial charge in [-0.3, -0.25) is 0 Å². The second kappa shape index (κ2) is 3.89.